The average molecular weight is 321 g/mol. The highest BCUT2D eigenvalue weighted by molar-refractivity contribution is 5.97. The van der Waals surface area contributed by atoms with Crippen LogP contribution in [0.4, 0.5) is 5.69 Å². The molecular weight excluding hydrogens is 294 g/mol. The smallest absolute Gasteiger partial charge is 0.251 e. The van der Waals surface area contributed by atoms with Crippen molar-refractivity contribution < 1.29 is 14.3 Å². The number of amides is 2. The second-order valence-electron chi connectivity index (χ2n) is 6.36. The van der Waals surface area contributed by atoms with E-state index in [-0.39, 0.29) is 23.9 Å². The highest BCUT2D eigenvalue weighted by Gasteiger charge is 2.15. The van der Waals surface area contributed by atoms with Crippen LogP contribution >= 0.6 is 0 Å². The van der Waals surface area contributed by atoms with E-state index in [1.165, 1.54) is 0 Å². The van der Waals surface area contributed by atoms with E-state index in [4.69, 9.17) is 4.74 Å². The van der Waals surface area contributed by atoms with Crippen LogP contribution < -0.4 is 16.0 Å². The van der Waals surface area contributed by atoms with Crippen molar-refractivity contribution in [2.45, 2.75) is 32.7 Å². The molecule has 6 nitrogen and oxygen atoms in total. The molecule has 6 heteroatoms. The molecule has 0 aliphatic heterocycles. The zero-order valence-electron chi connectivity index (χ0n) is 14.4. The predicted octanol–water partition coefficient (Wildman–Crippen LogP) is 1.78. The Morgan fingerprint density at radius 2 is 1.96 bits per heavy atom. The molecule has 0 aliphatic carbocycles. The summed E-state index contributed by atoms with van der Waals surface area (Å²) in [5.74, 6) is -0.304. The number of benzene rings is 1. The second kappa shape index (κ2) is 9.27. The molecule has 0 saturated carbocycles. The van der Waals surface area contributed by atoms with Crippen LogP contribution in [0.25, 0.3) is 0 Å². The summed E-state index contributed by atoms with van der Waals surface area (Å²) in [6.07, 6.45) is 0.853. The van der Waals surface area contributed by atoms with E-state index in [0.717, 1.165) is 13.0 Å². The Balaban J connectivity index is 2.50. The summed E-state index contributed by atoms with van der Waals surface area (Å²) in [5, 5.41) is 8.71. The summed E-state index contributed by atoms with van der Waals surface area (Å²) in [5.41, 5.74) is 0.823. The number of hydrogen-bond acceptors (Lipinski definition) is 4. The third-order valence-corrected chi connectivity index (χ3v) is 2.88. The molecule has 1 aromatic carbocycles. The molecule has 0 spiro atoms. The first-order chi connectivity index (χ1) is 10.8. The fourth-order valence-corrected chi connectivity index (χ4v) is 1.90. The molecule has 0 bridgehead atoms. The largest absolute Gasteiger partial charge is 0.385 e. The predicted molar refractivity (Wildman–Crippen MR) is 91.7 cm³/mol. The average Bonchev–Trinajstić information content (AvgIpc) is 2.45. The molecule has 0 atom stereocenters. The number of carbonyl (C=O) groups is 2. The van der Waals surface area contributed by atoms with Crippen molar-refractivity contribution in [3.05, 3.63) is 29.8 Å². The lowest BCUT2D eigenvalue weighted by molar-refractivity contribution is -0.115. The van der Waals surface area contributed by atoms with E-state index >= 15 is 0 Å². The van der Waals surface area contributed by atoms with Gasteiger partial charge in [0.25, 0.3) is 5.91 Å². The van der Waals surface area contributed by atoms with E-state index in [1.807, 2.05) is 20.8 Å². The third-order valence-electron chi connectivity index (χ3n) is 2.88. The molecule has 128 valence electrons. The van der Waals surface area contributed by atoms with Gasteiger partial charge in [0.05, 0.1) is 6.54 Å². The van der Waals surface area contributed by atoms with Gasteiger partial charge in [0, 0.05) is 30.5 Å². The Kier molecular flexibility index (Phi) is 7.71. The Hall–Kier alpha value is -1.92. The van der Waals surface area contributed by atoms with Gasteiger partial charge in [-0.1, -0.05) is 6.07 Å². The van der Waals surface area contributed by atoms with Gasteiger partial charge in [-0.3, -0.25) is 9.59 Å². The lowest BCUT2D eigenvalue weighted by Crippen LogP contribution is -2.40. The van der Waals surface area contributed by atoms with Crippen molar-refractivity contribution in [3.8, 4) is 0 Å². The quantitative estimate of drug-likeness (QED) is 0.638. The standard InChI is InChI=1S/C17H27N3O3/c1-17(2,3)20-16(22)13-7-5-8-14(11-13)19-15(21)12-18-9-6-10-23-4/h5,7-8,11,18H,6,9-10,12H2,1-4H3,(H,19,21)(H,20,22). The fraction of sp³-hybridized carbons (Fsp3) is 0.529. The number of methoxy groups -OCH3 is 1. The molecule has 0 saturated heterocycles. The van der Waals surface area contributed by atoms with Crippen LogP contribution in [-0.4, -0.2) is 44.2 Å². The van der Waals surface area contributed by atoms with Gasteiger partial charge in [0.15, 0.2) is 0 Å². The zero-order valence-corrected chi connectivity index (χ0v) is 14.4. The van der Waals surface area contributed by atoms with Crippen molar-refractivity contribution >= 4 is 17.5 Å². The number of rotatable bonds is 8. The molecule has 0 aliphatic rings. The first kappa shape index (κ1) is 19.1. The summed E-state index contributed by atoms with van der Waals surface area (Å²) >= 11 is 0. The Morgan fingerprint density at radius 1 is 1.22 bits per heavy atom. The van der Waals surface area contributed by atoms with Gasteiger partial charge in [0.1, 0.15) is 0 Å². The van der Waals surface area contributed by atoms with Crippen LogP contribution in [-0.2, 0) is 9.53 Å². The zero-order chi connectivity index (χ0) is 17.3. The maximum Gasteiger partial charge on any atom is 0.251 e. The molecule has 0 heterocycles. The van der Waals surface area contributed by atoms with Gasteiger partial charge >= 0.3 is 0 Å². The molecule has 1 aromatic rings. The third kappa shape index (κ3) is 8.32. The summed E-state index contributed by atoms with van der Waals surface area (Å²) in [6.45, 7) is 7.38. The highest BCUT2D eigenvalue weighted by atomic mass is 16.5. The number of ether oxygens (including phenoxy) is 1. The van der Waals surface area contributed by atoms with Crippen molar-refractivity contribution in [2.24, 2.45) is 0 Å². The summed E-state index contributed by atoms with van der Waals surface area (Å²) in [6, 6.07) is 6.90. The van der Waals surface area contributed by atoms with Gasteiger partial charge in [0.2, 0.25) is 5.91 Å². The second-order valence-corrected chi connectivity index (χ2v) is 6.36. The highest BCUT2D eigenvalue weighted by Crippen LogP contribution is 2.12. The lowest BCUT2D eigenvalue weighted by atomic mass is 10.1. The van der Waals surface area contributed by atoms with Crippen LogP contribution in [0, 0.1) is 0 Å². The molecule has 0 fully saturated rings. The van der Waals surface area contributed by atoms with E-state index in [1.54, 1.807) is 31.4 Å². The molecule has 0 unspecified atom stereocenters. The van der Waals surface area contributed by atoms with Gasteiger partial charge in [-0.25, -0.2) is 0 Å². The van der Waals surface area contributed by atoms with Crippen LogP contribution in [0.2, 0.25) is 0 Å². The van der Waals surface area contributed by atoms with Crippen LogP contribution in [0.15, 0.2) is 24.3 Å². The molecule has 3 N–H and O–H groups in total. The van der Waals surface area contributed by atoms with E-state index in [2.05, 4.69) is 16.0 Å². The van der Waals surface area contributed by atoms with Crippen LogP contribution in [0.5, 0.6) is 0 Å². The summed E-state index contributed by atoms with van der Waals surface area (Å²) in [4.78, 5) is 24.0. The first-order valence-electron chi connectivity index (χ1n) is 7.74. The SMILES string of the molecule is COCCCNCC(=O)Nc1cccc(C(=O)NC(C)(C)C)c1. The van der Waals surface area contributed by atoms with E-state index in [9.17, 15) is 9.59 Å². The first-order valence-corrected chi connectivity index (χ1v) is 7.74. The van der Waals surface area contributed by atoms with Gasteiger partial charge < -0.3 is 20.7 Å². The molecule has 0 aromatic heterocycles. The maximum atomic E-state index is 12.1. The van der Waals surface area contributed by atoms with Gasteiger partial charge in [-0.2, -0.15) is 0 Å². The summed E-state index contributed by atoms with van der Waals surface area (Å²) < 4.78 is 4.94. The number of anilines is 1. The minimum Gasteiger partial charge on any atom is -0.385 e. The number of carbonyl (C=O) groups excluding carboxylic acids is 2. The van der Waals surface area contributed by atoms with Gasteiger partial charge in [-0.05, 0) is 51.9 Å². The van der Waals surface area contributed by atoms with E-state index in [0.29, 0.717) is 17.9 Å². The van der Waals surface area contributed by atoms with E-state index < -0.39 is 0 Å². The topological polar surface area (TPSA) is 79.5 Å². The van der Waals surface area contributed by atoms with Crippen molar-refractivity contribution in [3.63, 3.8) is 0 Å². The number of nitrogens with one attached hydrogen (secondary N) is 3. The minimum atomic E-state index is -0.303. The molecule has 1 rings (SSSR count). The monoisotopic (exact) mass is 321 g/mol. The minimum absolute atomic E-state index is 0.143. The Morgan fingerprint density at radius 3 is 2.61 bits per heavy atom. The van der Waals surface area contributed by atoms with Crippen LogP contribution in [0.1, 0.15) is 37.6 Å². The fourth-order valence-electron chi connectivity index (χ4n) is 1.90. The summed E-state index contributed by atoms with van der Waals surface area (Å²) in [7, 11) is 1.65. The Bertz CT molecular complexity index is 524. The maximum absolute atomic E-state index is 12.1. The lowest BCUT2D eigenvalue weighted by Gasteiger charge is -2.20. The molecule has 0 radical (unpaired) electrons. The molecule has 23 heavy (non-hydrogen) atoms. The molecular formula is C17H27N3O3. The molecule has 2 amide bonds. The normalized spacial score (nSPS) is 11.1. The number of hydrogen-bond donors (Lipinski definition) is 3. The Labute approximate surface area is 138 Å². The van der Waals surface area contributed by atoms with Crippen molar-refractivity contribution in [1.82, 2.24) is 10.6 Å². The van der Waals surface area contributed by atoms with Crippen LogP contribution in [0.3, 0.4) is 0 Å². The van der Waals surface area contributed by atoms with Gasteiger partial charge in [-0.15, -0.1) is 0 Å². The van der Waals surface area contributed by atoms with Crippen molar-refractivity contribution in [1.29, 1.82) is 0 Å². The van der Waals surface area contributed by atoms with Crippen molar-refractivity contribution in [2.75, 3.05) is 32.1 Å².